The summed E-state index contributed by atoms with van der Waals surface area (Å²) in [7, 11) is 2.92. The largest absolute Gasteiger partial charge is 0.501 e. The van der Waals surface area contributed by atoms with E-state index in [0.29, 0.717) is 5.56 Å². The van der Waals surface area contributed by atoms with E-state index in [9.17, 15) is 33.1 Å². The molecule has 1 amide bonds. The van der Waals surface area contributed by atoms with Crippen LogP contribution in [0.5, 0.6) is 5.75 Å². The van der Waals surface area contributed by atoms with Crippen LogP contribution in [0.15, 0.2) is 52.4 Å². The predicted octanol–water partition coefficient (Wildman–Crippen LogP) is 3.29. The fraction of sp³-hybridized carbons (Fsp3) is 0.250. The van der Waals surface area contributed by atoms with Crippen LogP contribution in [0.1, 0.15) is 57.3 Å². The zero-order valence-corrected chi connectivity index (χ0v) is 20.2. The van der Waals surface area contributed by atoms with Crippen molar-refractivity contribution < 1.29 is 27.6 Å². The Hall–Kier alpha value is -4.93. The molecule has 0 fully saturated rings. The van der Waals surface area contributed by atoms with Gasteiger partial charge in [0.25, 0.3) is 11.5 Å². The van der Waals surface area contributed by atoms with Gasteiger partial charge in [0, 0.05) is 32.1 Å². The third kappa shape index (κ3) is 4.85. The summed E-state index contributed by atoms with van der Waals surface area (Å²) in [5.74, 6) is -3.72. The van der Waals surface area contributed by atoms with Crippen LogP contribution >= 0.6 is 0 Å². The summed E-state index contributed by atoms with van der Waals surface area (Å²) in [5.41, 5.74) is -1.93. The summed E-state index contributed by atoms with van der Waals surface area (Å²) in [6.07, 6.45) is 0.633. The fourth-order valence-electron chi connectivity index (χ4n) is 4.21. The Morgan fingerprint density at radius 1 is 1.26 bits per heavy atom. The molecule has 2 N–H and O–H groups in total. The van der Waals surface area contributed by atoms with Crippen molar-refractivity contribution in [3.63, 3.8) is 0 Å². The number of nitrogens with one attached hydrogen (secondary N) is 1. The summed E-state index contributed by atoms with van der Waals surface area (Å²) in [5, 5.41) is 30.1. The van der Waals surface area contributed by atoms with Gasteiger partial charge in [-0.25, -0.2) is 4.98 Å². The monoisotopic (exact) mass is 527 g/mol. The summed E-state index contributed by atoms with van der Waals surface area (Å²) in [6.45, 7) is 1.58. The normalized spacial score (nSPS) is 13.1. The van der Waals surface area contributed by atoms with Gasteiger partial charge in [-0.05, 0) is 29.3 Å². The van der Waals surface area contributed by atoms with Crippen molar-refractivity contribution in [3.05, 3.63) is 87.2 Å². The molecule has 0 saturated carbocycles. The van der Waals surface area contributed by atoms with Crippen molar-refractivity contribution in [1.29, 1.82) is 5.26 Å². The van der Waals surface area contributed by atoms with Crippen LogP contribution in [0.25, 0.3) is 0 Å². The quantitative estimate of drug-likeness (QED) is 0.388. The standard InChI is InChI=1S/C24H20F3N7O4/c1-12(21-32-19(20(35)23(37)34(21)3)22(36)31-16-9-30-38-11-16)18(14-8-29-33(2)10-14)17-6-15(24(25,26)27)5-4-13(17)7-28/h4-6,8-12,18,35H,1-3H3,(H,31,36)/t12-,18-/m1/s1. The summed E-state index contributed by atoms with van der Waals surface area (Å²) >= 11 is 0. The van der Waals surface area contributed by atoms with E-state index in [4.69, 9.17) is 0 Å². The molecular formula is C24H20F3N7O4. The molecule has 196 valence electrons. The van der Waals surface area contributed by atoms with Crippen LogP contribution < -0.4 is 10.9 Å². The number of hydrogen-bond acceptors (Lipinski definition) is 8. The first-order valence-electron chi connectivity index (χ1n) is 11.0. The molecule has 3 heterocycles. The van der Waals surface area contributed by atoms with Gasteiger partial charge >= 0.3 is 6.18 Å². The van der Waals surface area contributed by atoms with E-state index in [1.165, 1.54) is 24.1 Å². The second-order valence-electron chi connectivity index (χ2n) is 8.52. The van der Waals surface area contributed by atoms with E-state index < -0.39 is 46.5 Å². The van der Waals surface area contributed by atoms with Crippen LogP contribution in [0, 0.1) is 11.3 Å². The lowest BCUT2D eigenvalue weighted by Crippen LogP contribution is -2.29. The Morgan fingerprint density at radius 2 is 2.00 bits per heavy atom. The second-order valence-corrected chi connectivity index (χ2v) is 8.52. The number of benzene rings is 1. The second kappa shape index (κ2) is 9.85. The van der Waals surface area contributed by atoms with Crippen molar-refractivity contribution in [2.45, 2.75) is 24.9 Å². The molecule has 11 nitrogen and oxygen atoms in total. The van der Waals surface area contributed by atoms with Gasteiger partial charge in [-0.15, -0.1) is 0 Å². The minimum atomic E-state index is -4.68. The Kier molecular flexibility index (Phi) is 6.77. The molecule has 14 heteroatoms. The highest BCUT2D eigenvalue weighted by atomic mass is 19.4. The Morgan fingerprint density at radius 3 is 2.58 bits per heavy atom. The number of amides is 1. The average molecular weight is 527 g/mol. The smallest absolute Gasteiger partial charge is 0.416 e. The summed E-state index contributed by atoms with van der Waals surface area (Å²) in [4.78, 5) is 29.9. The topological polar surface area (TPSA) is 152 Å². The number of hydrogen-bond donors (Lipinski definition) is 2. The number of alkyl halides is 3. The van der Waals surface area contributed by atoms with Gasteiger partial charge in [0.05, 0.1) is 29.6 Å². The number of aromatic nitrogens is 5. The van der Waals surface area contributed by atoms with E-state index >= 15 is 0 Å². The van der Waals surface area contributed by atoms with Crippen LogP contribution in [-0.4, -0.2) is 35.5 Å². The maximum atomic E-state index is 13.6. The maximum absolute atomic E-state index is 13.6. The Labute approximate surface area is 212 Å². The molecule has 3 aromatic heterocycles. The molecule has 0 bridgehead atoms. The molecule has 1 aromatic carbocycles. The van der Waals surface area contributed by atoms with Crippen molar-refractivity contribution in [1.82, 2.24) is 24.5 Å². The number of halogens is 3. The lowest BCUT2D eigenvalue weighted by molar-refractivity contribution is -0.137. The lowest BCUT2D eigenvalue weighted by atomic mass is 9.79. The van der Waals surface area contributed by atoms with Crippen molar-refractivity contribution in [2.24, 2.45) is 14.1 Å². The number of anilines is 1. The molecule has 2 atom stereocenters. The van der Waals surface area contributed by atoms with Crippen molar-refractivity contribution >= 4 is 11.6 Å². The van der Waals surface area contributed by atoms with E-state index in [0.717, 1.165) is 29.0 Å². The number of aromatic hydroxyl groups is 1. The third-order valence-corrected chi connectivity index (χ3v) is 6.03. The van der Waals surface area contributed by atoms with Crippen LogP contribution in [0.3, 0.4) is 0 Å². The number of aryl methyl sites for hydroxylation is 1. The van der Waals surface area contributed by atoms with Crippen molar-refractivity contribution in [3.8, 4) is 11.8 Å². The zero-order valence-electron chi connectivity index (χ0n) is 20.2. The molecule has 0 aliphatic rings. The fourth-order valence-corrected chi connectivity index (χ4v) is 4.21. The predicted molar refractivity (Wildman–Crippen MR) is 125 cm³/mol. The van der Waals surface area contributed by atoms with Crippen LogP contribution in [0.4, 0.5) is 18.9 Å². The van der Waals surface area contributed by atoms with Gasteiger partial charge < -0.3 is 14.9 Å². The minimum absolute atomic E-state index is 0.0205. The van der Waals surface area contributed by atoms with E-state index in [-0.39, 0.29) is 22.6 Å². The number of carbonyl (C=O) groups is 1. The first-order chi connectivity index (χ1) is 17.9. The Bertz CT molecular complexity index is 1600. The minimum Gasteiger partial charge on any atom is -0.501 e. The van der Waals surface area contributed by atoms with Crippen molar-refractivity contribution in [2.75, 3.05) is 5.32 Å². The SMILES string of the molecule is C[C@@H](c1nc(C(=O)Nc2cnoc2)c(O)c(=O)n1C)[C@H](c1cnn(C)c1)c1cc(C(F)(F)F)ccc1C#N. The van der Waals surface area contributed by atoms with Gasteiger partial charge in [0.2, 0.25) is 5.75 Å². The molecule has 0 unspecified atom stereocenters. The van der Waals surface area contributed by atoms with E-state index in [1.807, 2.05) is 6.07 Å². The highest BCUT2D eigenvalue weighted by molar-refractivity contribution is 6.04. The number of rotatable bonds is 6. The molecule has 0 aliphatic heterocycles. The van der Waals surface area contributed by atoms with Gasteiger partial charge in [-0.3, -0.25) is 18.8 Å². The van der Waals surface area contributed by atoms with Gasteiger partial charge in [-0.2, -0.15) is 23.5 Å². The highest BCUT2D eigenvalue weighted by Crippen LogP contribution is 2.41. The number of nitrogens with zero attached hydrogens (tertiary/aromatic N) is 6. The molecule has 4 aromatic rings. The lowest BCUT2D eigenvalue weighted by Gasteiger charge is -2.26. The maximum Gasteiger partial charge on any atom is 0.416 e. The van der Waals surface area contributed by atoms with E-state index in [1.54, 1.807) is 20.2 Å². The van der Waals surface area contributed by atoms with Crippen LogP contribution in [-0.2, 0) is 20.3 Å². The molecule has 0 aliphatic carbocycles. The molecule has 38 heavy (non-hydrogen) atoms. The molecular weight excluding hydrogens is 507 g/mol. The van der Waals surface area contributed by atoms with Gasteiger partial charge in [0.15, 0.2) is 5.69 Å². The number of nitriles is 1. The molecule has 0 saturated heterocycles. The Balaban J connectivity index is 1.91. The summed E-state index contributed by atoms with van der Waals surface area (Å²) < 4.78 is 47.9. The number of carbonyl (C=O) groups excluding carboxylic acids is 1. The molecule has 0 radical (unpaired) electrons. The highest BCUT2D eigenvalue weighted by Gasteiger charge is 2.35. The summed E-state index contributed by atoms with van der Waals surface area (Å²) in [6, 6.07) is 4.70. The van der Waals surface area contributed by atoms with E-state index in [2.05, 4.69) is 25.1 Å². The molecule has 0 spiro atoms. The molecule has 4 rings (SSSR count). The first-order valence-corrected chi connectivity index (χ1v) is 11.0. The van der Waals surface area contributed by atoms with Gasteiger partial charge in [0.1, 0.15) is 17.8 Å². The first kappa shape index (κ1) is 26.1. The van der Waals surface area contributed by atoms with Crippen LogP contribution in [0.2, 0.25) is 0 Å². The van der Waals surface area contributed by atoms with Gasteiger partial charge in [-0.1, -0.05) is 12.1 Å². The third-order valence-electron chi connectivity index (χ3n) is 6.03. The zero-order chi connectivity index (χ0) is 27.8. The average Bonchev–Trinajstić information content (AvgIpc) is 3.54.